The van der Waals surface area contributed by atoms with Gasteiger partial charge in [-0.05, 0) is 31.2 Å². The standard InChI is InChI=1S/C14H17N3O3S/c1-2-19-10-3-4-12(15)13(6-10)21-8-11-5-9(7-20-11)14(18)17-16/h3-7H,2,8,15-16H2,1H3,(H,17,18). The van der Waals surface area contributed by atoms with Gasteiger partial charge in [0.25, 0.3) is 5.91 Å². The van der Waals surface area contributed by atoms with Crippen LogP contribution in [-0.2, 0) is 5.75 Å². The van der Waals surface area contributed by atoms with Crippen molar-refractivity contribution in [1.29, 1.82) is 0 Å². The quantitative estimate of drug-likeness (QED) is 0.248. The Bertz CT molecular complexity index is 628. The second kappa shape index (κ2) is 7.05. The molecular formula is C14H17N3O3S. The minimum Gasteiger partial charge on any atom is -0.494 e. The molecule has 0 aliphatic heterocycles. The van der Waals surface area contributed by atoms with Crippen LogP contribution >= 0.6 is 11.8 Å². The Hall–Kier alpha value is -2.12. The third-order valence-electron chi connectivity index (χ3n) is 2.71. The normalized spacial score (nSPS) is 10.4. The van der Waals surface area contributed by atoms with E-state index in [-0.39, 0.29) is 5.91 Å². The molecule has 5 N–H and O–H groups in total. The number of benzene rings is 1. The van der Waals surface area contributed by atoms with Crippen molar-refractivity contribution in [2.45, 2.75) is 17.6 Å². The number of ether oxygens (including phenoxy) is 1. The molecule has 0 unspecified atom stereocenters. The van der Waals surface area contributed by atoms with Gasteiger partial charge in [-0.3, -0.25) is 10.2 Å². The molecule has 0 saturated heterocycles. The van der Waals surface area contributed by atoms with E-state index in [0.29, 0.717) is 29.4 Å². The van der Waals surface area contributed by atoms with Crippen molar-refractivity contribution >= 4 is 23.4 Å². The number of nitrogen functional groups attached to an aromatic ring is 2. The van der Waals surface area contributed by atoms with Crippen LogP contribution in [0.5, 0.6) is 5.75 Å². The second-order valence-electron chi connectivity index (χ2n) is 4.20. The molecule has 0 fully saturated rings. The van der Waals surface area contributed by atoms with Crippen LogP contribution in [0.15, 0.2) is 39.8 Å². The molecule has 2 rings (SSSR count). The van der Waals surface area contributed by atoms with Crippen LogP contribution in [0.25, 0.3) is 0 Å². The van der Waals surface area contributed by atoms with Gasteiger partial charge in [0.1, 0.15) is 17.8 Å². The van der Waals surface area contributed by atoms with E-state index in [2.05, 4.69) is 5.43 Å². The van der Waals surface area contributed by atoms with Gasteiger partial charge >= 0.3 is 0 Å². The first-order valence-electron chi connectivity index (χ1n) is 6.37. The molecule has 0 radical (unpaired) electrons. The zero-order chi connectivity index (χ0) is 15.2. The molecule has 2 aromatic rings. The van der Waals surface area contributed by atoms with Gasteiger partial charge in [0, 0.05) is 10.6 Å². The number of amides is 1. The maximum atomic E-state index is 11.3. The summed E-state index contributed by atoms with van der Waals surface area (Å²) in [6, 6.07) is 7.18. The molecule has 0 bridgehead atoms. The number of carbonyl (C=O) groups excluding carboxylic acids is 1. The van der Waals surface area contributed by atoms with Crippen molar-refractivity contribution in [3.63, 3.8) is 0 Å². The first-order valence-corrected chi connectivity index (χ1v) is 7.36. The summed E-state index contributed by atoms with van der Waals surface area (Å²) in [5, 5.41) is 0. The van der Waals surface area contributed by atoms with E-state index in [1.54, 1.807) is 6.07 Å². The Morgan fingerprint density at radius 3 is 2.95 bits per heavy atom. The van der Waals surface area contributed by atoms with E-state index in [1.807, 2.05) is 25.1 Å². The van der Waals surface area contributed by atoms with Crippen LogP contribution in [0.4, 0.5) is 5.69 Å². The minimum atomic E-state index is -0.382. The van der Waals surface area contributed by atoms with Crippen molar-refractivity contribution in [3.05, 3.63) is 41.9 Å². The third kappa shape index (κ3) is 3.93. The number of hydrogen-bond donors (Lipinski definition) is 3. The van der Waals surface area contributed by atoms with E-state index in [0.717, 1.165) is 10.6 Å². The molecule has 112 valence electrons. The zero-order valence-electron chi connectivity index (χ0n) is 11.6. The van der Waals surface area contributed by atoms with E-state index in [4.69, 9.17) is 20.7 Å². The summed E-state index contributed by atoms with van der Waals surface area (Å²) in [7, 11) is 0. The molecule has 0 aliphatic rings. The van der Waals surface area contributed by atoms with Gasteiger partial charge in [-0.1, -0.05) is 0 Å². The van der Waals surface area contributed by atoms with Crippen LogP contribution in [0.3, 0.4) is 0 Å². The number of rotatable bonds is 6. The largest absolute Gasteiger partial charge is 0.494 e. The highest BCUT2D eigenvalue weighted by Crippen LogP contribution is 2.31. The Morgan fingerprint density at radius 1 is 1.43 bits per heavy atom. The molecule has 1 aromatic heterocycles. The van der Waals surface area contributed by atoms with E-state index >= 15 is 0 Å². The fourth-order valence-corrected chi connectivity index (χ4v) is 2.59. The molecule has 0 spiro atoms. The molecule has 0 atom stereocenters. The summed E-state index contributed by atoms with van der Waals surface area (Å²) in [6.45, 7) is 2.53. The van der Waals surface area contributed by atoms with Gasteiger partial charge in [-0.2, -0.15) is 0 Å². The Kier molecular flexibility index (Phi) is 5.13. The smallest absolute Gasteiger partial charge is 0.268 e. The number of carbonyl (C=O) groups is 1. The number of thioether (sulfide) groups is 1. The molecule has 0 aliphatic carbocycles. The first-order chi connectivity index (χ1) is 10.1. The molecule has 1 aromatic carbocycles. The van der Waals surface area contributed by atoms with E-state index < -0.39 is 0 Å². The lowest BCUT2D eigenvalue weighted by atomic mass is 10.3. The fourth-order valence-electron chi connectivity index (χ4n) is 1.70. The number of furan rings is 1. The summed E-state index contributed by atoms with van der Waals surface area (Å²) in [5.41, 5.74) is 9.06. The zero-order valence-corrected chi connectivity index (χ0v) is 12.4. The Balaban J connectivity index is 2.04. The van der Waals surface area contributed by atoms with Crippen molar-refractivity contribution in [2.24, 2.45) is 5.84 Å². The summed E-state index contributed by atoms with van der Waals surface area (Å²) in [4.78, 5) is 12.2. The molecule has 21 heavy (non-hydrogen) atoms. The number of nitrogens with two attached hydrogens (primary N) is 2. The molecule has 0 saturated carbocycles. The average molecular weight is 307 g/mol. The van der Waals surface area contributed by atoms with Crippen LogP contribution in [0, 0.1) is 0 Å². The summed E-state index contributed by atoms with van der Waals surface area (Å²) >= 11 is 1.51. The van der Waals surface area contributed by atoms with Crippen LogP contribution in [0.1, 0.15) is 23.0 Å². The SMILES string of the molecule is CCOc1ccc(N)c(SCc2cc(C(=O)NN)co2)c1. The molecule has 7 heteroatoms. The molecule has 1 heterocycles. The number of nitrogens with one attached hydrogen (secondary N) is 1. The average Bonchev–Trinajstić information content (AvgIpc) is 2.96. The van der Waals surface area contributed by atoms with Gasteiger partial charge < -0.3 is 14.9 Å². The topological polar surface area (TPSA) is 104 Å². The fraction of sp³-hybridized carbons (Fsp3) is 0.214. The summed E-state index contributed by atoms with van der Waals surface area (Å²) in [6.07, 6.45) is 1.37. The number of anilines is 1. The predicted octanol–water partition coefficient (Wildman–Crippen LogP) is 2.16. The highest BCUT2D eigenvalue weighted by Gasteiger charge is 2.10. The van der Waals surface area contributed by atoms with Gasteiger partial charge in [0.05, 0.1) is 17.9 Å². The molecular weight excluding hydrogens is 290 g/mol. The predicted molar refractivity (Wildman–Crippen MR) is 81.9 cm³/mol. The second-order valence-corrected chi connectivity index (χ2v) is 5.21. The Morgan fingerprint density at radius 2 is 2.24 bits per heavy atom. The lowest BCUT2D eigenvalue weighted by Crippen LogP contribution is -2.29. The van der Waals surface area contributed by atoms with Gasteiger partial charge in [-0.15, -0.1) is 11.8 Å². The van der Waals surface area contributed by atoms with Crippen LogP contribution in [-0.4, -0.2) is 12.5 Å². The van der Waals surface area contributed by atoms with Crippen molar-refractivity contribution < 1.29 is 13.9 Å². The minimum absolute atomic E-state index is 0.382. The van der Waals surface area contributed by atoms with Crippen molar-refractivity contribution in [3.8, 4) is 5.75 Å². The maximum absolute atomic E-state index is 11.3. The first kappa shape index (κ1) is 15.3. The monoisotopic (exact) mass is 307 g/mol. The van der Waals surface area contributed by atoms with Gasteiger partial charge in [0.15, 0.2) is 0 Å². The number of hydrogen-bond acceptors (Lipinski definition) is 6. The third-order valence-corrected chi connectivity index (χ3v) is 3.81. The molecule has 1 amide bonds. The van der Waals surface area contributed by atoms with Gasteiger partial charge in [-0.25, -0.2) is 5.84 Å². The van der Waals surface area contributed by atoms with Crippen LogP contribution < -0.4 is 21.7 Å². The van der Waals surface area contributed by atoms with Gasteiger partial charge in [0.2, 0.25) is 0 Å². The highest BCUT2D eigenvalue weighted by atomic mass is 32.2. The lowest BCUT2D eigenvalue weighted by Gasteiger charge is -2.08. The summed E-state index contributed by atoms with van der Waals surface area (Å²) in [5.74, 6) is 6.68. The van der Waals surface area contributed by atoms with E-state index in [9.17, 15) is 4.79 Å². The highest BCUT2D eigenvalue weighted by molar-refractivity contribution is 7.98. The lowest BCUT2D eigenvalue weighted by molar-refractivity contribution is 0.0953. The maximum Gasteiger partial charge on any atom is 0.268 e. The molecule has 6 nitrogen and oxygen atoms in total. The number of hydrazine groups is 1. The Labute approximate surface area is 126 Å². The summed E-state index contributed by atoms with van der Waals surface area (Å²) < 4.78 is 10.8. The van der Waals surface area contributed by atoms with Crippen molar-refractivity contribution in [1.82, 2.24) is 5.43 Å². The van der Waals surface area contributed by atoms with Crippen LogP contribution in [0.2, 0.25) is 0 Å². The van der Waals surface area contributed by atoms with E-state index in [1.165, 1.54) is 18.0 Å². The van der Waals surface area contributed by atoms with Crippen molar-refractivity contribution in [2.75, 3.05) is 12.3 Å².